The van der Waals surface area contributed by atoms with E-state index in [-0.39, 0.29) is 16.6 Å². The minimum atomic E-state index is -1.01. The lowest BCUT2D eigenvalue weighted by molar-refractivity contribution is 0.511. The lowest BCUT2D eigenvalue weighted by atomic mass is 10.1. The Balaban J connectivity index is 2.20. The molecule has 1 aromatic heterocycles. The summed E-state index contributed by atoms with van der Waals surface area (Å²) >= 11 is 0. The van der Waals surface area contributed by atoms with Crippen molar-refractivity contribution in [3.05, 3.63) is 88.8 Å². The average Bonchev–Trinajstić information content (AvgIpc) is 2.52. The monoisotopic (exact) mass is 283 g/mol. The highest BCUT2D eigenvalue weighted by Crippen LogP contribution is 2.22. The summed E-state index contributed by atoms with van der Waals surface area (Å²) in [5.74, 6) is -1.98. The summed E-state index contributed by atoms with van der Waals surface area (Å²) < 4.78 is 28.9. The van der Waals surface area contributed by atoms with E-state index >= 15 is 0 Å². The van der Waals surface area contributed by atoms with Crippen LogP contribution < -0.4 is 5.43 Å². The number of pyridine rings is 1. The van der Waals surface area contributed by atoms with Gasteiger partial charge in [-0.2, -0.15) is 0 Å². The molecule has 0 saturated heterocycles. The molecule has 0 aliphatic rings. The van der Waals surface area contributed by atoms with Gasteiger partial charge in [0.15, 0.2) is 17.1 Å². The summed E-state index contributed by atoms with van der Waals surface area (Å²) in [7, 11) is 0. The number of rotatable bonds is 2. The highest BCUT2D eigenvalue weighted by atomic mass is 19.2. The van der Waals surface area contributed by atoms with Crippen molar-refractivity contribution in [3.63, 3.8) is 0 Å². The van der Waals surface area contributed by atoms with Crippen LogP contribution in [0.15, 0.2) is 71.8 Å². The molecule has 0 aliphatic heterocycles. The summed E-state index contributed by atoms with van der Waals surface area (Å²) in [5, 5.41) is 0. The van der Waals surface area contributed by atoms with Gasteiger partial charge < -0.3 is 4.57 Å². The van der Waals surface area contributed by atoms with Gasteiger partial charge in [-0.25, -0.2) is 8.78 Å². The first-order valence-corrected chi connectivity index (χ1v) is 6.39. The molecule has 0 aliphatic carbocycles. The molecule has 21 heavy (non-hydrogen) atoms. The van der Waals surface area contributed by atoms with Crippen molar-refractivity contribution < 1.29 is 8.78 Å². The van der Waals surface area contributed by atoms with Gasteiger partial charge in [-0.05, 0) is 18.2 Å². The van der Waals surface area contributed by atoms with E-state index in [9.17, 15) is 13.6 Å². The molecule has 2 nitrogen and oxygen atoms in total. The van der Waals surface area contributed by atoms with Crippen LogP contribution in [0.1, 0.15) is 0 Å². The molecule has 3 rings (SSSR count). The second-order valence-corrected chi connectivity index (χ2v) is 4.57. The summed E-state index contributed by atoms with van der Waals surface area (Å²) in [6, 6.07) is 14.4. The Bertz CT molecular complexity index is 841. The largest absolute Gasteiger partial charge is 0.323 e. The Kier molecular flexibility index (Phi) is 3.36. The van der Waals surface area contributed by atoms with Gasteiger partial charge in [0.05, 0.1) is 0 Å². The van der Waals surface area contributed by atoms with E-state index in [1.165, 1.54) is 24.4 Å². The normalized spacial score (nSPS) is 10.6. The van der Waals surface area contributed by atoms with Crippen LogP contribution in [0.25, 0.3) is 16.8 Å². The van der Waals surface area contributed by atoms with E-state index in [0.717, 1.165) is 11.8 Å². The molecule has 0 spiro atoms. The lowest BCUT2D eigenvalue weighted by Crippen LogP contribution is -2.08. The molecule has 0 N–H and O–H groups in total. The van der Waals surface area contributed by atoms with Crippen molar-refractivity contribution in [2.75, 3.05) is 0 Å². The number of hydrogen-bond acceptors (Lipinski definition) is 1. The highest BCUT2D eigenvalue weighted by Gasteiger charge is 2.13. The third-order valence-electron chi connectivity index (χ3n) is 3.22. The Labute approximate surface area is 119 Å². The van der Waals surface area contributed by atoms with E-state index in [0.29, 0.717) is 0 Å². The first-order valence-electron chi connectivity index (χ1n) is 6.39. The fourth-order valence-electron chi connectivity index (χ4n) is 2.16. The maximum Gasteiger partial charge on any atom is 0.189 e. The molecule has 0 radical (unpaired) electrons. The van der Waals surface area contributed by atoms with Crippen LogP contribution in [0.3, 0.4) is 0 Å². The third-order valence-corrected chi connectivity index (χ3v) is 3.22. The van der Waals surface area contributed by atoms with Gasteiger partial charge in [0.1, 0.15) is 0 Å². The first-order chi connectivity index (χ1) is 10.2. The Hall–Kier alpha value is -2.75. The zero-order valence-corrected chi connectivity index (χ0v) is 11.0. The van der Waals surface area contributed by atoms with Crippen molar-refractivity contribution in [2.45, 2.75) is 0 Å². The van der Waals surface area contributed by atoms with E-state index in [1.807, 2.05) is 30.3 Å². The minimum Gasteiger partial charge on any atom is -0.323 e. The van der Waals surface area contributed by atoms with Crippen molar-refractivity contribution in [1.29, 1.82) is 0 Å². The predicted octanol–water partition coefficient (Wildman–Crippen LogP) is 3.78. The number of hydrogen-bond donors (Lipinski definition) is 0. The minimum absolute atomic E-state index is 0.0368. The van der Waals surface area contributed by atoms with Gasteiger partial charge in [0.2, 0.25) is 0 Å². The second kappa shape index (κ2) is 5.32. The Morgan fingerprint density at radius 2 is 1.57 bits per heavy atom. The van der Waals surface area contributed by atoms with Crippen LogP contribution in [0.2, 0.25) is 0 Å². The topological polar surface area (TPSA) is 22.0 Å². The van der Waals surface area contributed by atoms with Crippen molar-refractivity contribution in [3.8, 4) is 16.8 Å². The number of nitrogens with zero attached hydrogens (tertiary/aromatic N) is 1. The van der Waals surface area contributed by atoms with E-state index in [4.69, 9.17) is 0 Å². The molecule has 0 atom stereocenters. The lowest BCUT2D eigenvalue weighted by Gasteiger charge is -2.09. The summed E-state index contributed by atoms with van der Waals surface area (Å²) in [6.45, 7) is 0. The fourth-order valence-corrected chi connectivity index (χ4v) is 2.16. The van der Waals surface area contributed by atoms with Gasteiger partial charge in [-0.3, -0.25) is 4.79 Å². The van der Waals surface area contributed by atoms with Crippen LogP contribution in [0.5, 0.6) is 0 Å². The molecule has 3 aromatic rings. The van der Waals surface area contributed by atoms with Crippen LogP contribution >= 0.6 is 0 Å². The molecule has 2 aromatic carbocycles. The molecule has 0 fully saturated rings. The molecule has 0 saturated carbocycles. The number of benzene rings is 2. The zero-order valence-electron chi connectivity index (χ0n) is 11.0. The molecule has 4 heteroatoms. The smallest absolute Gasteiger partial charge is 0.189 e. The summed E-state index contributed by atoms with van der Waals surface area (Å²) in [5.41, 5.74) is 0.561. The van der Waals surface area contributed by atoms with Crippen LogP contribution in [-0.2, 0) is 0 Å². The number of halogens is 2. The number of para-hydroxylation sites is 1. The summed E-state index contributed by atoms with van der Waals surface area (Å²) in [6.07, 6.45) is 3.11. The molecule has 1 heterocycles. The molecular weight excluding hydrogens is 272 g/mol. The van der Waals surface area contributed by atoms with Crippen molar-refractivity contribution in [2.24, 2.45) is 0 Å². The van der Waals surface area contributed by atoms with Crippen molar-refractivity contribution in [1.82, 2.24) is 4.57 Å². The van der Waals surface area contributed by atoms with Gasteiger partial charge in [0.25, 0.3) is 0 Å². The summed E-state index contributed by atoms with van der Waals surface area (Å²) in [4.78, 5) is 12.0. The van der Waals surface area contributed by atoms with Gasteiger partial charge in [0, 0.05) is 35.3 Å². The predicted molar refractivity (Wildman–Crippen MR) is 77.4 cm³/mol. The first kappa shape index (κ1) is 13.2. The quantitative estimate of drug-likeness (QED) is 0.701. The highest BCUT2D eigenvalue weighted by molar-refractivity contribution is 5.63. The zero-order chi connectivity index (χ0) is 14.8. The van der Waals surface area contributed by atoms with Crippen LogP contribution in [0, 0.1) is 11.6 Å². The molecular formula is C17H11F2NO. The van der Waals surface area contributed by atoms with E-state index < -0.39 is 11.6 Å². The maximum atomic E-state index is 13.9. The second-order valence-electron chi connectivity index (χ2n) is 4.57. The van der Waals surface area contributed by atoms with E-state index in [2.05, 4.69) is 0 Å². The molecule has 0 unspecified atom stereocenters. The van der Waals surface area contributed by atoms with Gasteiger partial charge in [-0.15, -0.1) is 0 Å². The molecule has 0 amide bonds. The third kappa shape index (κ3) is 2.48. The van der Waals surface area contributed by atoms with Crippen LogP contribution in [-0.4, -0.2) is 4.57 Å². The standard InChI is InChI=1S/C17H11F2NO/c18-15-8-4-7-13(17(15)19)14-11-20(10-9-16(14)21)12-5-2-1-3-6-12/h1-11H. The Morgan fingerprint density at radius 3 is 2.33 bits per heavy atom. The van der Waals surface area contributed by atoms with Gasteiger partial charge in [-0.1, -0.05) is 30.3 Å². The molecule has 104 valence electrons. The maximum absolute atomic E-state index is 13.9. The van der Waals surface area contributed by atoms with Crippen LogP contribution in [0.4, 0.5) is 8.78 Å². The SMILES string of the molecule is O=c1ccn(-c2ccccc2)cc1-c1cccc(F)c1F. The average molecular weight is 283 g/mol. The van der Waals surface area contributed by atoms with E-state index in [1.54, 1.807) is 10.8 Å². The van der Waals surface area contributed by atoms with Crippen molar-refractivity contribution >= 4 is 0 Å². The number of aromatic nitrogens is 1. The Morgan fingerprint density at radius 1 is 0.810 bits per heavy atom. The molecule has 0 bridgehead atoms. The fraction of sp³-hybridized carbons (Fsp3) is 0. The van der Waals surface area contributed by atoms with Gasteiger partial charge >= 0.3 is 0 Å².